The maximum atomic E-state index is 13.2. The normalized spacial score (nSPS) is 16.4. The number of fused-ring (bicyclic) bond motifs is 2. The minimum Gasteiger partial charge on any atom is -0.480 e. The summed E-state index contributed by atoms with van der Waals surface area (Å²) in [5, 5.41) is 9.00. The lowest BCUT2D eigenvalue weighted by molar-refractivity contribution is -0.144. The van der Waals surface area contributed by atoms with E-state index in [0.717, 1.165) is 54.7 Å². The molecule has 2 aromatic rings. The van der Waals surface area contributed by atoms with Crippen LogP contribution in [0.5, 0.6) is 0 Å². The smallest absolute Gasteiger partial charge is 0.328 e. The first kappa shape index (κ1) is 25.5. The molecule has 6 nitrogen and oxygen atoms in total. The number of benzene rings is 2. The van der Waals surface area contributed by atoms with E-state index in [1.54, 1.807) is 32.0 Å². The maximum Gasteiger partial charge on any atom is 0.328 e. The third-order valence-corrected chi connectivity index (χ3v) is 6.31. The summed E-state index contributed by atoms with van der Waals surface area (Å²) in [6, 6.07) is 8.40. The van der Waals surface area contributed by atoms with Gasteiger partial charge in [-0.25, -0.2) is 18.4 Å². The summed E-state index contributed by atoms with van der Waals surface area (Å²) in [4.78, 5) is 26.6. The Morgan fingerprint density at radius 3 is 1.82 bits per heavy atom. The van der Waals surface area contributed by atoms with Crippen molar-refractivity contribution in [1.29, 1.82) is 0 Å². The van der Waals surface area contributed by atoms with Crippen LogP contribution < -0.4 is 9.80 Å². The van der Waals surface area contributed by atoms with Gasteiger partial charge in [-0.2, -0.15) is 0 Å². The van der Waals surface area contributed by atoms with Crippen molar-refractivity contribution in [3.05, 3.63) is 59.2 Å². The van der Waals surface area contributed by atoms with Gasteiger partial charge >= 0.3 is 11.9 Å². The second-order valence-corrected chi connectivity index (χ2v) is 8.58. The number of carboxylic acid groups (broad SMARTS) is 1. The van der Waals surface area contributed by atoms with Gasteiger partial charge in [0, 0.05) is 24.5 Å². The number of anilines is 2. The number of carbonyl (C=O) groups excluding carboxylic acids is 1. The number of carbonyl (C=O) groups is 2. The number of carboxylic acids is 1. The van der Waals surface area contributed by atoms with Gasteiger partial charge in [-0.05, 0) is 94.0 Å². The summed E-state index contributed by atoms with van der Waals surface area (Å²) < 4.78 is 31.3. The molecule has 0 radical (unpaired) electrons. The monoisotopic (exact) mass is 474 g/mol. The first-order valence-corrected chi connectivity index (χ1v) is 11.7. The zero-order chi connectivity index (χ0) is 24.8. The van der Waals surface area contributed by atoms with Gasteiger partial charge in [0.05, 0.1) is 6.61 Å². The minimum absolute atomic E-state index is 0.223. The molecule has 0 aliphatic carbocycles. The molecule has 0 unspecified atom stereocenters. The zero-order valence-corrected chi connectivity index (χ0v) is 19.9. The van der Waals surface area contributed by atoms with Crippen molar-refractivity contribution in [2.45, 2.75) is 58.5 Å². The number of esters is 1. The number of halogens is 2. The highest BCUT2D eigenvalue weighted by atomic mass is 19.1. The molecule has 0 aromatic heterocycles. The molecule has 4 rings (SSSR count). The Balaban J connectivity index is 0.000000192. The fraction of sp³-hybridized carbons (Fsp3) is 0.462. The molecule has 0 fully saturated rings. The summed E-state index contributed by atoms with van der Waals surface area (Å²) in [5.74, 6) is -1.56. The van der Waals surface area contributed by atoms with Crippen molar-refractivity contribution >= 4 is 23.3 Å². The molecule has 0 bridgehead atoms. The molecule has 2 atom stereocenters. The van der Waals surface area contributed by atoms with Gasteiger partial charge in [0.2, 0.25) is 0 Å². The van der Waals surface area contributed by atoms with Crippen molar-refractivity contribution in [2.75, 3.05) is 29.5 Å². The van der Waals surface area contributed by atoms with Crippen LogP contribution in [0, 0.1) is 11.6 Å². The number of aliphatic carboxylic acids is 1. The van der Waals surface area contributed by atoms with E-state index in [4.69, 9.17) is 9.84 Å². The van der Waals surface area contributed by atoms with E-state index in [0.29, 0.717) is 13.2 Å². The highest BCUT2D eigenvalue weighted by Gasteiger charge is 2.27. The van der Waals surface area contributed by atoms with Crippen LogP contribution in [-0.4, -0.2) is 48.8 Å². The van der Waals surface area contributed by atoms with Crippen LogP contribution in [0.15, 0.2) is 36.4 Å². The lowest BCUT2D eigenvalue weighted by Crippen LogP contribution is -2.43. The number of aryl methyl sites for hydroxylation is 2. The van der Waals surface area contributed by atoms with Gasteiger partial charge in [0.1, 0.15) is 23.7 Å². The second kappa shape index (κ2) is 11.3. The third kappa shape index (κ3) is 5.85. The Kier molecular flexibility index (Phi) is 8.47. The van der Waals surface area contributed by atoms with E-state index in [2.05, 4.69) is 0 Å². The maximum absolute atomic E-state index is 13.2. The summed E-state index contributed by atoms with van der Waals surface area (Å²) >= 11 is 0. The predicted octanol–water partition coefficient (Wildman–Crippen LogP) is 4.58. The number of nitrogens with zero attached hydrogens (tertiary/aromatic N) is 2. The van der Waals surface area contributed by atoms with Crippen molar-refractivity contribution in [2.24, 2.45) is 0 Å². The molecular weight excluding hydrogens is 442 g/mol. The highest BCUT2D eigenvalue weighted by Crippen LogP contribution is 2.30. The van der Waals surface area contributed by atoms with E-state index in [1.165, 1.54) is 18.2 Å². The van der Waals surface area contributed by atoms with Crippen LogP contribution in [0.2, 0.25) is 0 Å². The summed E-state index contributed by atoms with van der Waals surface area (Å²) in [5.41, 5.74) is 3.67. The first-order valence-electron chi connectivity index (χ1n) is 11.7. The summed E-state index contributed by atoms with van der Waals surface area (Å²) in [6.07, 6.45) is 3.48. The number of rotatable bonds is 5. The van der Waals surface area contributed by atoms with Gasteiger partial charge in [-0.1, -0.05) is 0 Å². The molecule has 2 aromatic carbocycles. The van der Waals surface area contributed by atoms with Crippen molar-refractivity contribution in [1.82, 2.24) is 0 Å². The molecule has 0 saturated carbocycles. The van der Waals surface area contributed by atoms with Gasteiger partial charge in [0.15, 0.2) is 0 Å². The Labute approximate surface area is 199 Å². The van der Waals surface area contributed by atoms with Crippen molar-refractivity contribution < 1.29 is 28.2 Å². The topological polar surface area (TPSA) is 70.1 Å². The molecule has 2 heterocycles. The average molecular weight is 475 g/mol. The molecule has 0 amide bonds. The van der Waals surface area contributed by atoms with Crippen LogP contribution >= 0.6 is 0 Å². The molecule has 2 aliphatic heterocycles. The van der Waals surface area contributed by atoms with Crippen LogP contribution in [0.1, 0.15) is 44.7 Å². The van der Waals surface area contributed by atoms with E-state index in [9.17, 15) is 18.4 Å². The number of hydrogen-bond acceptors (Lipinski definition) is 5. The molecule has 2 aliphatic rings. The van der Waals surface area contributed by atoms with Crippen molar-refractivity contribution in [3.8, 4) is 0 Å². The van der Waals surface area contributed by atoms with Gasteiger partial charge < -0.3 is 19.6 Å². The fourth-order valence-electron chi connectivity index (χ4n) is 4.52. The summed E-state index contributed by atoms with van der Waals surface area (Å²) in [6.45, 7) is 7.18. The quantitative estimate of drug-likeness (QED) is 0.640. The van der Waals surface area contributed by atoms with E-state index in [-0.39, 0.29) is 23.6 Å². The van der Waals surface area contributed by atoms with Crippen LogP contribution in [0.4, 0.5) is 20.2 Å². The SMILES string of the molecule is CCOC(=O)[C@@H](C)N1CCCc2cc(F)ccc21.C[C@H](C(=O)O)N1CCCc2cc(F)ccc21. The van der Waals surface area contributed by atoms with E-state index in [1.807, 2.05) is 16.7 Å². The predicted molar refractivity (Wildman–Crippen MR) is 127 cm³/mol. The number of ether oxygens (including phenoxy) is 1. The lowest BCUT2D eigenvalue weighted by Gasteiger charge is -2.34. The van der Waals surface area contributed by atoms with Gasteiger partial charge in [0.25, 0.3) is 0 Å². The first-order chi connectivity index (χ1) is 16.2. The Morgan fingerprint density at radius 1 is 0.912 bits per heavy atom. The second-order valence-electron chi connectivity index (χ2n) is 8.58. The van der Waals surface area contributed by atoms with Gasteiger partial charge in [-0.3, -0.25) is 0 Å². The zero-order valence-electron chi connectivity index (χ0n) is 19.9. The molecule has 184 valence electrons. The molecule has 0 saturated heterocycles. The Hall–Kier alpha value is -3.16. The molecule has 0 spiro atoms. The standard InChI is InChI=1S/C14H18FNO2.C12H14FNO2/c1-3-18-14(17)10(2)16-8-4-5-11-9-12(15)6-7-13(11)16;1-8(12(15)16)14-6-2-3-9-7-10(13)4-5-11(9)14/h6-7,9-10H,3-5,8H2,1-2H3;4-5,7-8H,2-3,6H2,1H3,(H,15,16)/t10-;8-/m11/s1. The van der Waals surface area contributed by atoms with E-state index < -0.39 is 12.0 Å². The fourth-order valence-corrected chi connectivity index (χ4v) is 4.52. The summed E-state index contributed by atoms with van der Waals surface area (Å²) in [7, 11) is 0. The molecule has 34 heavy (non-hydrogen) atoms. The number of hydrogen-bond donors (Lipinski definition) is 1. The highest BCUT2D eigenvalue weighted by molar-refractivity contribution is 5.80. The van der Waals surface area contributed by atoms with Gasteiger partial charge in [-0.15, -0.1) is 0 Å². The molecular formula is C26H32F2N2O4. The lowest BCUT2D eigenvalue weighted by atomic mass is 10.00. The van der Waals surface area contributed by atoms with Crippen LogP contribution in [0.3, 0.4) is 0 Å². The molecule has 8 heteroatoms. The van der Waals surface area contributed by atoms with Crippen LogP contribution in [-0.2, 0) is 27.2 Å². The van der Waals surface area contributed by atoms with E-state index >= 15 is 0 Å². The average Bonchev–Trinajstić information content (AvgIpc) is 2.82. The largest absolute Gasteiger partial charge is 0.480 e. The Morgan fingerprint density at radius 2 is 1.38 bits per heavy atom. The molecule has 1 N–H and O–H groups in total. The van der Waals surface area contributed by atoms with Crippen LogP contribution in [0.25, 0.3) is 0 Å². The minimum atomic E-state index is -0.850. The Bertz CT molecular complexity index is 1030. The van der Waals surface area contributed by atoms with Crippen molar-refractivity contribution in [3.63, 3.8) is 0 Å². The third-order valence-electron chi connectivity index (χ3n) is 6.31.